The van der Waals surface area contributed by atoms with Gasteiger partial charge in [-0.05, 0) is 51.8 Å². The minimum atomic E-state index is -4.48. The summed E-state index contributed by atoms with van der Waals surface area (Å²) in [7, 11) is 0. The number of ether oxygens (including phenoxy) is 2. The lowest BCUT2D eigenvalue weighted by molar-refractivity contribution is -0.137. The number of rotatable bonds is 1. The van der Waals surface area contributed by atoms with Gasteiger partial charge in [0.1, 0.15) is 11.4 Å². The first-order chi connectivity index (χ1) is 13.0. The molecule has 154 valence electrons. The molecule has 0 saturated carbocycles. The van der Waals surface area contributed by atoms with Crippen molar-refractivity contribution in [2.24, 2.45) is 0 Å². The van der Waals surface area contributed by atoms with Crippen LogP contribution in [0.5, 0.6) is 5.75 Å². The van der Waals surface area contributed by atoms with E-state index in [0.29, 0.717) is 31.6 Å². The fourth-order valence-corrected chi connectivity index (χ4v) is 3.38. The predicted molar refractivity (Wildman–Crippen MR) is 95.3 cm³/mol. The molecule has 9 heteroatoms. The quantitative estimate of drug-likeness (QED) is 0.719. The van der Waals surface area contributed by atoms with E-state index in [1.807, 2.05) is 0 Å². The molecule has 0 aromatic heterocycles. The second-order valence-electron chi connectivity index (χ2n) is 7.93. The van der Waals surface area contributed by atoms with E-state index in [1.165, 1.54) is 11.0 Å². The topological polar surface area (TPSA) is 59.1 Å². The molecule has 0 unspecified atom stereocenters. The molecule has 2 heterocycles. The SMILES string of the molecule is CC(C)(C)OC(=O)N1CCC(N2C(=O)COc3cc(C(F)(F)F)ccc32)CC1. The van der Waals surface area contributed by atoms with Crippen molar-refractivity contribution in [1.82, 2.24) is 4.90 Å². The summed E-state index contributed by atoms with van der Waals surface area (Å²) < 4.78 is 49.4. The summed E-state index contributed by atoms with van der Waals surface area (Å²) >= 11 is 0. The first-order valence-corrected chi connectivity index (χ1v) is 9.10. The van der Waals surface area contributed by atoms with Crippen LogP contribution in [-0.4, -0.2) is 48.2 Å². The minimum Gasteiger partial charge on any atom is -0.482 e. The maximum Gasteiger partial charge on any atom is 0.416 e. The summed E-state index contributed by atoms with van der Waals surface area (Å²) in [4.78, 5) is 27.7. The molecule has 0 aliphatic carbocycles. The number of hydrogen-bond donors (Lipinski definition) is 0. The zero-order valence-corrected chi connectivity index (χ0v) is 16.0. The number of anilines is 1. The van der Waals surface area contributed by atoms with Gasteiger partial charge in [-0.25, -0.2) is 4.79 Å². The van der Waals surface area contributed by atoms with Gasteiger partial charge in [0.05, 0.1) is 11.3 Å². The Morgan fingerprint density at radius 2 is 1.82 bits per heavy atom. The average Bonchev–Trinajstić information content (AvgIpc) is 2.59. The van der Waals surface area contributed by atoms with Crippen LogP contribution in [0.15, 0.2) is 18.2 Å². The molecule has 0 atom stereocenters. The molecule has 0 radical (unpaired) electrons. The number of carbonyl (C=O) groups is 2. The van der Waals surface area contributed by atoms with E-state index in [-0.39, 0.29) is 24.3 Å². The van der Waals surface area contributed by atoms with Crippen molar-refractivity contribution < 1.29 is 32.2 Å². The summed E-state index contributed by atoms with van der Waals surface area (Å²) in [6, 6.07) is 2.93. The molecule has 1 fully saturated rings. The fourth-order valence-electron chi connectivity index (χ4n) is 3.38. The molecule has 2 aliphatic rings. The second kappa shape index (κ2) is 7.18. The zero-order valence-electron chi connectivity index (χ0n) is 16.0. The molecule has 1 saturated heterocycles. The molecule has 3 rings (SSSR count). The number of likely N-dealkylation sites (tertiary alicyclic amines) is 1. The van der Waals surface area contributed by atoms with Gasteiger partial charge in [-0.3, -0.25) is 4.79 Å². The Hall–Kier alpha value is -2.45. The monoisotopic (exact) mass is 400 g/mol. The Morgan fingerprint density at radius 3 is 2.39 bits per heavy atom. The van der Waals surface area contributed by atoms with Crippen LogP contribution in [0.25, 0.3) is 0 Å². The van der Waals surface area contributed by atoms with Crippen molar-refractivity contribution in [2.75, 3.05) is 24.6 Å². The lowest BCUT2D eigenvalue weighted by atomic mass is 10.0. The van der Waals surface area contributed by atoms with E-state index in [4.69, 9.17) is 9.47 Å². The maximum absolute atomic E-state index is 12.9. The number of piperidine rings is 1. The second-order valence-corrected chi connectivity index (χ2v) is 7.93. The number of nitrogens with zero attached hydrogens (tertiary/aromatic N) is 2. The van der Waals surface area contributed by atoms with Gasteiger partial charge in [0.25, 0.3) is 5.91 Å². The zero-order chi connectivity index (χ0) is 20.7. The van der Waals surface area contributed by atoms with Crippen LogP contribution in [0.2, 0.25) is 0 Å². The molecule has 0 N–H and O–H groups in total. The summed E-state index contributed by atoms with van der Waals surface area (Å²) in [5.41, 5.74) is -1.08. The van der Waals surface area contributed by atoms with Gasteiger partial charge in [-0.2, -0.15) is 13.2 Å². The van der Waals surface area contributed by atoms with Crippen molar-refractivity contribution in [1.29, 1.82) is 0 Å². The highest BCUT2D eigenvalue weighted by atomic mass is 19.4. The largest absolute Gasteiger partial charge is 0.482 e. The van der Waals surface area contributed by atoms with Crippen LogP contribution < -0.4 is 9.64 Å². The Balaban J connectivity index is 1.73. The number of fused-ring (bicyclic) bond motifs is 1. The Kier molecular flexibility index (Phi) is 5.20. The van der Waals surface area contributed by atoms with Gasteiger partial charge < -0.3 is 19.3 Å². The maximum atomic E-state index is 12.9. The molecule has 2 amide bonds. The molecule has 0 spiro atoms. The Bertz CT molecular complexity index is 765. The average molecular weight is 400 g/mol. The molecule has 1 aromatic carbocycles. The summed E-state index contributed by atoms with van der Waals surface area (Å²) in [6.45, 7) is 5.86. The molecular weight excluding hydrogens is 377 g/mol. The molecule has 28 heavy (non-hydrogen) atoms. The van der Waals surface area contributed by atoms with Gasteiger partial charge in [0.15, 0.2) is 6.61 Å². The van der Waals surface area contributed by atoms with E-state index in [2.05, 4.69) is 0 Å². The highest BCUT2D eigenvalue weighted by molar-refractivity contribution is 5.98. The third-order valence-electron chi connectivity index (χ3n) is 4.65. The first-order valence-electron chi connectivity index (χ1n) is 9.10. The summed E-state index contributed by atoms with van der Waals surface area (Å²) in [5.74, 6) is -0.257. The molecule has 6 nitrogen and oxygen atoms in total. The number of carbonyl (C=O) groups excluding carboxylic acids is 2. The van der Waals surface area contributed by atoms with E-state index in [0.717, 1.165) is 12.1 Å². The predicted octanol–water partition coefficient (Wildman–Crippen LogP) is 3.83. The Labute approximate surface area is 161 Å². The number of benzene rings is 1. The van der Waals surface area contributed by atoms with Gasteiger partial charge in [-0.15, -0.1) is 0 Å². The van der Waals surface area contributed by atoms with Gasteiger partial charge in [-0.1, -0.05) is 0 Å². The molecular formula is C19H23F3N2O4. The first kappa shape index (κ1) is 20.3. The van der Waals surface area contributed by atoms with Crippen molar-refractivity contribution in [3.8, 4) is 5.75 Å². The summed E-state index contributed by atoms with van der Waals surface area (Å²) in [5, 5.41) is 0. The van der Waals surface area contributed by atoms with Crippen molar-refractivity contribution in [3.63, 3.8) is 0 Å². The standard InChI is InChI=1S/C19H23F3N2O4/c1-18(2,3)28-17(26)23-8-6-13(7-9-23)24-14-5-4-12(19(20,21)22)10-15(14)27-11-16(24)25/h4-5,10,13H,6-9,11H2,1-3H3. The number of hydrogen-bond acceptors (Lipinski definition) is 4. The smallest absolute Gasteiger partial charge is 0.416 e. The fraction of sp³-hybridized carbons (Fsp3) is 0.579. The third-order valence-corrected chi connectivity index (χ3v) is 4.65. The number of amides is 2. The van der Waals surface area contributed by atoms with Crippen LogP contribution in [0.1, 0.15) is 39.2 Å². The normalized spacial score (nSPS) is 18.6. The lowest BCUT2D eigenvalue weighted by Gasteiger charge is -2.40. The highest BCUT2D eigenvalue weighted by Crippen LogP contribution is 2.40. The highest BCUT2D eigenvalue weighted by Gasteiger charge is 2.38. The van der Waals surface area contributed by atoms with E-state index in [1.54, 1.807) is 25.7 Å². The van der Waals surface area contributed by atoms with Crippen LogP contribution in [0.3, 0.4) is 0 Å². The van der Waals surface area contributed by atoms with Crippen molar-refractivity contribution >= 4 is 17.7 Å². The molecule has 2 aliphatic heterocycles. The third kappa shape index (κ3) is 4.34. The van der Waals surface area contributed by atoms with Crippen LogP contribution >= 0.6 is 0 Å². The van der Waals surface area contributed by atoms with Crippen LogP contribution in [0, 0.1) is 0 Å². The van der Waals surface area contributed by atoms with Gasteiger partial charge in [0.2, 0.25) is 0 Å². The van der Waals surface area contributed by atoms with Crippen LogP contribution in [-0.2, 0) is 15.7 Å². The summed E-state index contributed by atoms with van der Waals surface area (Å²) in [6.07, 6.45) is -3.88. The van der Waals surface area contributed by atoms with Crippen LogP contribution in [0.4, 0.5) is 23.7 Å². The lowest BCUT2D eigenvalue weighted by Crippen LogP contribution is -2.52. The van der Waals surface area contributed by atoms with Gasteiger partial charge >= 0.3 is 12.3 Å². The number of alkyl halides is 3. The molecule has 1 aromatic rings. The van der Waals surface area contributed by atoms with E-state index in [9.17, 15) is 22.8 Å². The van der Waals surface area contributed by atoms with E-state index < -0.39 is 23.4 Å². The van der Waals surface area contributed by atoms with Gasteiger partial charge in [0, 0.05) is 19.1 Å². The van der Waals surface area contributed by atoms with Crippen molar-refractivity contribution in [3.05, 3.63) is 23.8 Å². The molecule has 0 bridgehead atoms. The number of halogens is 3. The van der Waals surface area contributed by atoms with E-state index >= 15 is 0 Å². The van der Waals surface area contributed by atoms with Crippen molar-refractivity contribution in [2.45, 2.75) is 51.4 Å². The Morgan fingerprint density at radius 1 is 1.18 bits per heavy atom. The minimum absolute atomic E-state index is 0.0454.